The van der Waals surface area contributed by atoms with Crippen molar-refractivity contribution in [3.8, 4) is 0 Å². The third-order valence-electron chi connectivity index (χ3n) is 3.00. The number of aryl methyl sites for hydroxylation is 1. The van der Waals surface area contributed by atoms with E-state index in [1.54, 1.807) is 0 Å². The molecule has 0 bridgehead atoms. The topological polar surface area (TPSA) is 56.3 Å². The standard InChI is InChI=1S/C11H20N4O/c1-10-9-16-8-7-14(10)4-2-5-15-6-3-11(12)13-15/h3,6,10H,2,4-5,7-9H2,1H3,(H2,12,13). The summed E-state index contributed by atoms with van der Waals surface area (Å²) < 4.78 is 7.31. The minimum atomic E-state index is 0.538. The molecule has 0 aliphatic carbocycles. The fourth-order valence-corrected chi connectivity index (χ4v) is 2.03. The molecule has 1 saturated heterocycles. The number of morpholine rings is 1. The summed E-state index contributed by atoms with van der Waals surface area (Å²) in [4.78, 5) is 2.47. The predicted octanol–water partition coefficient (Wildman–Crippen LogP) is 0.576. The van der Waals surface area contributed by atoms with Crippen molar-refractivity contribution in [3.63, 3.8) is 0 Å². The van der Waals surface area contributed by atoms with E-state index >= 15 is 0 Å². The van der Waals surface area contributed by atoms with Gasteiger partial charge in [0.15, 0.2) is 0 Å². The SMILES string of the molecule is CC1COCCN1CCCn1ccc(N)n1. The fourth-order valence-electron chi connectivity index (χ4n) is 2.03. The lowest BCUT2D eigenvalue weighted by Gasteiger charge is -2.33. The molecule has 1 aromatic rings. The van der Waals surface area contributed by atoms with Crippen molar-refractivity contribution in [2.75, 3.05) is 32.0 Å². The number of hydrogen-bond acceptors (Lipinski definition) is 4. The summed E-state index contributed by atoms with van der Waals surface area (Å²) in [7, 11) is 0. The van der Waals surface area contributed by atoms with Crippen molar-refractivity contribution in [1.29, 1.82) is 0 Å². The molecule has 1 atom stereocenters. The number of rotatable bonds is 4. The molecule has 16 heavy (non-hydrogen) atoms. The van der Waals surface area contributed by atoms with Crippen molar-refractivity contribution in [2.24, 2.45) is 0 Å². The van der Waals surface area contributed by atoms with Gasteiger partial charge in [0.1, 0.15) is 5.82 Å². The molecule has 0 spiro atoms. The van der Waals surface area contributed by atoms with Gasteiger partial charge in [0.05, 0.1) is 13.2 Å². The Morgan fingerprint density at radius 3 is 3.12 bits per heavy atom. The van der Waals surface area contributed by atoms with E-state index in [0.717, 1.165) is 39.3 Å². The Labute approximate surface area is 96.2 Å². The number of hydrogen-bond donors (Lipinski definition) is 1. The Hall–Kier alpha value is -1.07. The van der Waals surface area contributed by atoms with Crippen LogP contribution < -0.4 is 5.73 Å². The minimum Gasteiger partial charge on any atom is -0.382 e. The molecule has 1 aromatic heterocycles. The van der Waals surface area contributed by atoms with E-state index in [-0.39, 0.29) is 0 Å². The van der Waals surface area contributed by atoms with Crippen molar-refractivity contribution in [2.45, 2.75) is 25.9 Å². The molecule has 1 unspecified atom stereocenters. The first-order valence-electron chi connectivity index (χ1n) is 5.86. The number of ether oxygens (including phenoxy) is 1. The number of nitrogens with zero attached hydrogens (tertiary/aromatic N) is 3. The van der Waals surface area contributed by atoms with Gasteiger partial charge in [0.2, 0.25) is 0 Å². The van der Waals surface area contributed by atoms with Gasteiger partial charge in [-0.1, -0.05) is 0 Å². The van der Waals surface area contributed by atoms with Crippen LogP contribution in [0.4, 0.5) is 5.82 Å². The van der Waals surface area contributed by atoms with Crippen LogP contribution in [0.15, 0.2) is 12.3 Å². The molecule has 5 heteroatoms. The largest absolute Gasteiger partial charge is 0.382 e. The van der Waals surface area contributed by atoms with Crippen molar-refractivity contribution in [1.82, 2.24) is 14.7 Å². The average Bonchev–Trinajstić information content (AvgIpc) is 2.67. The fraction of sp³-hybridized carbons (Fsp3) is 0.727. The highest BCUT2D eigenvalue weighted by molar-refractivity contribution is 5.23. The molecule has 1 aliphatic rings. The van der Waals surface area contributed by atoms with E-state index in [9.17, 15) is 0 Å². The molecule has 1 fully saturated rings. The first-order valence-corrected chi connectivity index (χ1v) is 5.86. The van der Waals surface area contributed by atoms with Crippen LogP contribution in [0, 0.1) is 0 Å². The maximum atomic E-state index is 5.56. The zero-order valence-electron chi connectivity index (χ0n) is 9.80. The van der Waals surface area contributed by atoms with E-state index in [2.05, 4.69) is 16.9 Å². The second kappa shape index (κ2) is 5.32. The van der Waals surface area contributed by atoms with Crippen LogP contribution in [0.2, 0.25) is 0 Å². The summed E-state index contributed by atoms with van der Waals surface area (Å²) in [6, 6.07) is 2.37. The Morgan fingerprint density at radius 1 is 1.56 bits per heavy atom. The normalized spacial score (nSPS) is 22.4. The molecular formula is C11H20N4O. The molecule has 2 N–H and O–H groups in total. The van der Waals surface area contributed by atoms with Gasteiger partial charge in [0, 0.05) is 31.9 Å². The first kappa shape index (κ1) is 11.4. The summed E-state index contributed by atoms with van der Waals surface area (Å²) in [5.74, 6) is 0.597. The summed E-state index contributed by atoms with van der Waals surface area (Å²) in [6.45, 7) is 7.01. The Morgan fingerprint density at radius 2 is 2.44 bits per heavy atom. The van der Waals surface area contributed by atoms with Crippen LogP contribution in [-0.2, 0) is 11.3 Å². The molecule has 0 radical (unpaired) electrons. The molecule has 0 aromatic carbocycles. The lowest BCUT2D eigenvalue weighted by molar-refractivity contribution is -0.00119. The smallest absolute Gasteiger partial charge is 0.145 e. The second-order valence-corrected chi connectivity index (χ2v) is 4.32. The highest BCUT2D eigenvalue weighted by Gasteiger charge is 2.17. The van der Waals surface area contributed by atoms with E-state index in [4.69, 9.17) is 10.5 Å². The Bertz CT molecular complexity index is 326. The number of anilines is 1. The Balaban J connectivity index is 1.71. The van der Waals surface area contributed by atoms with Gasteiger partial charge in [-0.3, -0.25) is 9.58 Å². The summed E-state index contributed by atoms with van der Waals surface area (Å²) >= 11 is 0. The number of nitrogen functional groups attached to an aromatic ring is 1. The van der Waals surface area contributed by atoms with Crippen LogP contribution in [0.25, 0.3) is 0 Å². The van der Waals surface area contributed by atoms with Crippen LogP contribution >= 0.6 is 0 Å². The monoisotopic (exact) mass is 224 g/mol. The summed E-state index contributed by atoms with van der Waals surface area (Å²) in [6.07, 6.45) is 3.03. The molecule has 0 saturated carbocycles. The molecule has 2 rings (SSSR count). The first-order chi connectivity index (χ1) is 7.75. The quantitative estimate of drug-likeness (QED) is 0.812. The van der Waals surface area contributed by atoms with Gasteiger partial charge in [-0.15, -0.1) is 0 Å². The van der Waals surface area contributed by atoms with Gasteiger partial charge in [-0.05, 0) is 19.4 Å². The maximum Gasteiger partial charge on any atom is 0.145 e. The highest BCUT2D eigenvalue weighted by Crippen LogP contribution is 2.07. The summed E-state index contributed by atoms with van der Waals surface area (Å²) in [5, 5.41) is 4.16. The van der Waals surface area contributed by atoms with Crippen molar-refractivity contribution >= 4 is 5.82 Å². The molecule has 0 amide bonds. The molecular weight excluding hydrogens is 204 g/mol. The van der Waals surface area contributed by atoms with E-state index in [0.29, 0.717) is 11.9 Å². The molecule has 1 aliphatic heterocycles. The number of aromatic nitrogens is 2. The molecule has 2 heterocycles. The lowest BCUT2D eigenvalue weighted by atomic mass is 10.2. The third kappa shape index (κ3) is 2.96. The predicted molar refractivity (Wildman–Crippen MR) is 63.1 cm³/mol. The zero-order valence-corrected chi connectivity index (χ0v) is 9.80. The second-order valence-electron chi connectivity index (χ2n) is 4.32. The highest BCUT2D eigenvalue weighted by atomic mass is 16.5. The van der Waals surface area contributed by atoms with E-state index < -0.39 is 0 Å². The van der Waals surface area contributed by atoms with Crippen LogP contribution in [0.3, 0.4) is 0 Å². The minimum absolute atomic E-state index is 0.538. The van der Waals surface area contributed by atoms with Crippen molar-refractivity contribution in [3.05, 3.63) is 12.3 Å². The van der Waals surface area contributed by atoms with Gasteiger partial charge >= 0.3 is 0 Å². The molecule has 90 valence electrons. The van der Waals surface area contributed by atoms with Crippen LogP contribution in [-0.4, -0.2) is 47.0 Å². The van der Waals surface area contributed by atoms with Gasteiger partial charge in [-0.2, -0.15) is 5.10 Å². The van der Waals surface area contributed by atoms with E-state index in [1.807, 2.05) is 16.9 Å². The van der Waals surface area contributed by atoms with Crippen LogP contribution in [0.5, 0.6) is 0 Å². The van der Waals surface area contributed by atoms with Gasteiger partial charge in [-0.25, -0.2) is 0 Å². The van der Waals surface area contributed by atoms with Gasteiger partial charge in [0.25, 0.3) is 0 Å². The summed E-state index contributed by atoms with van der Waals surface area (Å²) in [5.41, 5.74) is 5.56. The van der Waals surface area contributed by atoms with E-state index in [1.165, 1.54) is 0 Å². The zero-order chi connectivity index (χ0) is 11.4. The number of nitrogens with two attached hydrogens (primary N) is 1. The third-order valence-corrected chi connectivity index (χ3v) is 3.00. The van der Waals surface area contributed by atoms with Crippen molar-refractivity contribution < 1.29 is 4.74 Å². The average molecular weight is 224 g/mol. The maximum absolute atomic E-state index is 5.56. The van der Waals surface area contributed by atoms with Crippen LogP contribution in [0.1, 0.15) is 13.3 Å². The molecule has 5 nitrogen and oxygen atoms in total. The Kier molecular flexibility index (Phi) is 3.79. The lowest BCUT2D eigenvalue weighted by Crippen LogP contribution is -2.44. The van der Waals surface area contributed by atoms with Gasteiger partial charge < -0.3 is 10.5 Å².